The fourth-order valence-electron chi connectivity index (χ4n) is 2.43. The summed E-state index contributed by atoms with van der Waals surface area (Å²) in [6.45, 7) is -0.923. The van der Waals surface area contributed by atoms with Gasteiger partial charge in [-0.2, -0.15) is 0 Å². The van der Waals surface area contributed by atoms with Crippen LogP contribution in [0.25, 0.3) is 0 Å². The van der Waals surface area contributed by atoms with Crippen LogP contribution in [0.2, 0.25) is 0 Å². The molecule has 1 heterocycles. The molecule has 1 aliphatic rings. The minimum Gasteiger partial charge on any atom is -0.394 e. The molecular formula is C12H13FN2O9. The fraction of sp³-hybridized carbons (Fsp3) is 0.500. The third-order valence-electron chi connectivity index (χ3n) is 3.69. The Hall–Kier alpha value is -2.25. The highest BCUT2D eigenvalue weighted by Gasteiger charge is 2.57. The van der Waals surface area contributed by atoms with E-state index >= 15 is 0 Å². The standard InChI is InChI=1S/C12H13FN2O9/c13-11-10(18)9(17)8(4-16)24-12(11,19)6-2-1-5(14(20)21)3-7(6)15(22)23/h1-3,8-11,16-19H,4H2/t8-,9-,10+,11-,12-/m1/s1. The molecule has 2 rings (SSSR count). The van der Waals surface area contributed by atoms with Crippen molar-refractivity contribution in [1.29, 1.82) is 0 Å². The number of halogens is 1. The van der Waals surface area contributed by atoms with Crippen LogP contribution >= 0.6 is 0 Å². The van der Waals surface area contributed by atoms with Crippen LogP contribution in [0.15, 0.2) is 18.2 Å². The highest BCUT2D eigenvalue weighted by atomic mass is 19.1. The van der Waals surface area contributed by atoms with Gasteiger partial charge in [-0.1, -0.05) is 0 Å². The van der Waals surface area contributed by atoms with Crippen molar-refractivity contribution in [2.24, 2.45) is 0 Å². The number of aliphatic hydroxyl groups is 4. The molecule has 1 saturated heterocycles. The lowest BCUT2D eigenvalue weighted by molar-refractivity contribution is -0.400. The van der Waals surface area contributed by atoms with Gasteiger partial charge >= 0.3 is 0 Å². The predicted octanol–water partition coefficient (Wildman–Crippen LogP) is -0.901. The molecule has 1 aromatic carbocycles. The average Bonchev–Trinajstić information content (AvgIpc) is 2.55. The third kappa shape index (κ3) is 2.81. The largest absolute Gasteiger partial charge is 0.394 e. The van der Waals surface area contributed by atoms with Gasteiger partial charge in [0.15, 0.2) is 6.17 Å². The second kappa shape index (κ2) is 6.33. The minimum atomic E-state index is -3.09. The Kier molecular flexibility index (Phi) is 4.77. The molecule has 11 nitrogen and oxygen atoms in total. The summed E-state index contributed by atoms with van der Waals surface area (Å²) in [5, 5.41) is 60.6. The molecule has 0 aliphatic carbocycles. The van der Waals surface area contributed by atoms with E-state index in [-0.39, 0.29) is 0 Å². The average molecular weight is 348 g/mol. The van der Waals surface area contributed by atoms with E-state index in [1.807, 2.05) is 0 Å². The Bertz CT molecular complexity index is 670. The SMILES string of the molecule is O=[N+]([O-])c1ccc([C@@]2(O)O[C@H](CO)[C@@H](O)[C@H](O)[C@H]2F)c([N+](=O)[O-])c1. The highest BCUT2D eigenvalue weighted by Crippen LogP contribution is 2.42. The molecule has 0 bridgehead atoms. The Morgan fingerprint density at radius 3 is 2.33 bits per heavy atom. The van der Waals surface area contributed by atoms with E-state index in [2.05, 4.69) is 0 Å². The molecule has 1 aromatic rings. The molecule has 132 valence electrons. The monoisotopic (exact) mass is 348 g/mol. The van der Waals surface area contributed by atoms with Gasteiger partial charge in [-0.15, -0.1) is 0 Å². The fourth-order valence-corrected chi connectivity index (χ4v) is 2.43. The summed E-state index contributed by atoms with van der Waals surface area (Å²) in [4.78, 5) is 19.8. The Balaban J connectivity index is 2.59. The summed E-state index contributed by atoms with van der Waals surface area (Å²) in [7, 11) is 0. The first-order valence-corrected chi connectivity index (χ1v) is 6.58. The quantitative estimate of drug-likeness (QED) is 0.396. The molecular weight excluding hydrogens is 335 g/mol. The van der Waals surface area contributed by atoms with Gasteiger partial charge in [-0.05, 0) is 6.07 Å². The van der Waals surface area contributed by atoms with E-state index in [4.69, 9.17) is 9.84 Å². The van der Waals surface area contributed by atoms with Gasteiger partial charge in [0.2, 0.25) is 5.79 Å². The van der Waals surface area contributed by atoms with E-state index < -0.39 is 63.7 Å². The van der Waals surface area contributed by atoms with Crippen LogP contribution < -0.4 is 0 Å². The minimum absolute atomic E-state index is 0.495. The molecule has 0 aromatic heterocycles. The topological polar surface area (TPSA) is 176 Å². The lowest BCUT2D eigenvalue weighted by atomic mass is 9.88. The summed E-state index contributed by atoms with van der Waals surface area (Å²) < 4.78 is 19.2. The van der Waals surface area contributed by atoms with Gasteiger partial charge in [-0.25, -0.2) is 4.39 Å². The maximum absolute atomic E-state index is 14.4. The number of aliphatic hydroxyl groups excluding tert-OH is 3. The van der Waals surface area contributed by atoms with Gasteiger partial charge in [0.1, 0.15) is 18.3 Å². The van der Waals surface area contributed by atoms with Gasteiger partial charge < -0.3 is 25.2 Å². The van der Waals surface area contributed by atoms with Crippen molar-refractivity contribution in [2.75, 3.05) is 6.61 Å². The molecule has 4 N–H and O–H groups in total. The molecule has 0 radical (unpaired) electrons. The maximum Gasteiger partial charge on any atom is 0.284 e. The zero-order chi connectivity index (χ0) is 18.2. The van der Waals surface area contributed by atoms with E-state index in [0.29, 0.717) is 12.1 Å². The summed E-state index contributed by atoms with van der Waals surface area (Å²) in [6.07, 6.45) is -8.44. The molecule has 0 unspecified atom stereocenters. The Morgan fingerprint density at radius 1 is 1.21 bits per heavy atom. The Morgan fingerprint density at radius 2 is 1.83 bits per heavy atom. The highest BCUT2D eigenvalue weighted by molar-refractivity contribution is 5.51. The van der Waals surface area contributed by atoms with Crippen molar-refractivity contribution in [1.82, 2.24) is 0 Å². The van der Waals surface area contributed by atoms with Gasteiger partial charge in [0.05, 0.1) is 28.1 Å². The van der Waals surface area contributed by atoms with Crippen molar-refractivity contribution in [3.8, 4) is 0 Å². The van der Waals surface area contributed by atoms with Crippen molar-refractivity contribution in [3.63, 3.8) is 0 Å². The van der Waals surface area contributed by atoms with Crippen LogP contribution in [0.1, 0.15) is 5.56 Å². The number of nitrogens with zero attached hydrogens (tertiary/aromatic N) is 2. The van der Waals surface area contributed by atoms with Crippen LogP contribution in [0.5, 0.6) is 0 Å². The lowest BCUT2D eigenvalue weighted by Gasteiger charge is -2.43. The van der Waals surface area contributed by atoms with Crippen molar-refractivity contribution in [2.45, 2.75) is 30.3 Å². The molecule has 1 aliphatic heterocycles. The number of hydrogen-bond acceptors (Lipinski definition) is 9. The van der Waals surface area contributed by atoms with Crippen LogP contribution in [0, 0.1) is 20.2 Å². The number of nitro benzene ring substituents is 2. The van der Waals surface area contributed by atoms with Gasteiger partial charge in [0.25, 0.3) is 11.4 Å². The lowest BCUT2D eigenvalue weighted by Crippen LogP contribution is -2.62. The van der Waals surface area contributed by atoms with Gasteiger partial charge in [-0.3, -0.25) is 20.2 Å². The van der Waals surface area contributed by atoms with Crippen molar-refractivity contribution < 1.29 is 39.4 Å². The molecule has 1 fully saturated rings. The first kappa shape index (κ1) is 18.1. The summed E-state index contributed by atoms with van der Waals surface area (Å²) in [6, 6.07) is 1.98. The van der Waals surface area contributed by atoms with Crippen LogP contribution in [-0.2, 0) is 10.5 Å². The number of hydrogen-bond donors (Lipinski definition) is 4. The third-order valence-corrected chi connectivity index (χ3v) is 3.69. The number of nitro groups is 2. The number of alkyl halides is 1. The number of non-ortho nitro benzene ring substituents is 1. The van der Waals surface area contributed by atoms with E-state index in [1.54, 1.807) is 0 Å². The smallest absolute Gasteiger partial charge is 0.284 e. The van der Waals surface area contributed by atoms with Crippen LogP contribution in [0.4, 0.5) is 15.8 Å². The first-order chi connectivity index (χ1) is 11.1. The zero-order valence-corrected chi connectivity index (χ0v) is 11.9. The number of rotatable bonds is 4. The number of benzene rings is 1. The molecule has 0 saturated carbocycles. The second-order valence-electron chi connectivity index (χ2n) is 5.13. The first-order valence-electron chi connectivity index (χ1n) is 6.58. The second-order valence-corrected chi connectivity index (χ2v) is 5.13. The summed E-state index contributed by atoms with van der Waals surface area (Å²) in [5.74, 6) is -3.09. The molecule has 0 spiro atoms. The predicted molar refractivity (Wildman–Crippen MR) is 72.5 cm³/mol. The van der Waals surface area contributed by atoms with Crippen LogP contribution in [-0.4, -0.2) is 61.4 Å². The normalized spacial score (nSPS) is 33.2. The van der Waals surface area contributed by atoms with E-state index in [1.165, 1.54) is 0 Å². The summed E-state index contributed by atoms with van der Waals surface area (Å²) >= 11 is 0. The maximum atomic E-state index is 14.4. The summed E-state index contributed by atoms with van der Waals surface area (Å²) in [5.41, 5.74) is -2.50. The molecule has 24 heavy (non-hydrogen) atoms. The van der Waals surface area contributed by atoms with E-state index in [9.17, 15) is 39.9 Å². The van der Waals surface area contributed by atoms with Gasteiger partial charge in [0, 0.05) is 6.07 Å². The molecule has 12 heteroatoms. The number of ether oxygens (including phenoxy) is 1. The van der Waals surface area contributed by atoms with Crippen LogP contribution in [0.3, 0.4) is 0 Å². The zero-order valence-electron chi connectivity index (χ0n) is 11.9. The van der Waals surface area contributed by atoms with Crippen molar-refractivity contribution in [3.05, 3.63) is 44.0 Å². The Labute approximate surface area is 132 Å². The van der Waals surface area contributed by atoms with E-state index in [0.717, 1.165) is 6.07 Å². The van der Waals surface area contributed by atoms with Crippen molar-refractivity contribution >= 4 is 11.4 Å². The molecule has 0 amide bonds. The molecule has 5 atom stereocenters.